The zero-order chi connectivity index (χ0) is 14.1. The molecule has 0 aliphatic carbocycles. The van der Waals surface area contributed by atoms with Crippen LogP contribution >= 0.6 is 0 Å². The quantitative estimate of drug-likeness (QED) is 0.654. The Labute approximate surface area is 114 Å². The van der Waals surface area contributed by atoms with Gasteiger partial charge in [-0.3, -0.25) is 4.79 Å². The fourth-order valence-electron chi connectivity index (χ4n) is 1.64. The van der Waals surface area contributed by atoms with Gasteiger partial charge in [0.25, 0.3) is 5.56 Å². The summed E-state index contributed by atoms with van der Waals surface area (Å²) in [6, 6.07) is 1.63. The first-order chi connectivity index (χ1) is 9.19. The zero-order valence-corrected chi connectivity index (χ0v) is 12.1. The fourth-order valence-corrected chi connectivity index (χ4v) is 1.64. The molecule has 1 aromatic rings. The van der Waals surface area contributed by atoms with Crippen LogP contribution in [-0.2, 0) is 11.3 Å². The summed E-state index contributed by atoms with van der Waals surface area (Å²) in [5.41, 5.74) is 0.816. The Kier molecular flexibility index (Phi) is 7.14. The van der Waals surface area contributed by atoms with Crippen LogP contribution < -0.4 is 15.8 Å². The van der Waals surface area contributed by atoms with Crippen molar-refractivity contribution in [1.29, 1.82) is 0 Å². The third-order valence-corrected chi connectivity index (χ3v) is 2.98. The monoisotopic (exact) mass is 268 g/mol. The van der Waals surface area contributed by atoms with Crippen LogP contribution in [0.15, 0.2) is 17.1 Å². The van der Waals surface area contributed by atoms with Gasteiger partial charge in [-0.1, -0.05) is 0 Å². The van der Waals surface area contributed by atoms with Gasteiger partial charge in [0.2, 0.25) is 0 Å². The summed E-state index contributed by atoms with van der Waals surface area (Å²) >= 11 is 0. The lowest BCUT2D eigenvalue weighted by molar-refractivity contribution is 0.199. The van der Waals surface area contributed by atoms with E-state index in [1.807, 2.05) is 18.9 Å². The topological polar surface area (TPSA) is 59.4 Å². The number of hydrogen-bond donors (Lipinski definition) is 1. The van der Waals surface area contributed by atoms with Gasteiger partial charge in [-0.25, -0.2) is 4.68 Å². The summed E-state index contributed by atoms with van der Waals surface area (Å²) in [7, 11) is 3.63. The fraction of sp³-hybridized carbons (Fsp3) is 0.692. The van der Waals surface area contributed by atoms with Crippen molar-refractivity contribution >= 4 is 5.69 Å². The largest absolute Gasteiger partial charge is 0.383 e. The van der Waals surface area contributed by atoms with Gasteiger partial charge < -0.3 is 15.0 Å². The second-order valence-corrected chi connectivity index (χ2v) is 4.39. The van der Waals surface area contributed by atoms with Crippen LogP contribution in [-0.4, -0.2) is 50.2 Å². The Hall–Kier alpha value is -1.40. The first-order valence-corrected chi connectivity index (χ1v) is 6.67. The average molecular weight is 268 g/mol. The van der Waals surface area contributed by atoms with Crippen molar-refractivity contribution in [2.75, 3.05) is 45.3 Å². The molecule has 108 valence electrons. The van der Waals surface area contributed by atoms with Gasteiger partial charge in [-0.15, -0.1) is 0 Å². The Bertz CT molecular complexity index is 419. The van der Waals surface area contributed by atoms with Crippen LogP contribution in [0.4, 0.5) is 5.69 Å². The lowest BCUT2D eigenvalue weighted by Gasteiger charge is -2.16. The third kappa shape index (κ3) is 5.40. The third-order valence-electron chi connectivity index (χ3n) is 2.98. The second-order valence-electron chi connectivity index (χ2n) is 4.39. The molecule has 19 heavy (non-hydrogen) atoms. The van der Waals surface area contributed by atoms with Gasteiger partial charge in [0.05, 0.1) is 18.5 Å². The molecule has 6 heteroatoms. The van der Waals surface area contributed by atoms with Gasteiger partial charge in [-0.2, -0.15) is 5.10 Å². The van der Waals surface area contributed by atoms with Crippen molar-refractivity contribution in [2.24, 2.45) is 0 Å². The zero-order valence-electron chi connectivity index (χ0n) is 12.1. The van der Waals surface area contributed by atoms with E-state index >= 15 is 0 Å². The number of aromatic nitrogens is 2. The van der Waals surface area contributed by atoms with E-state index in [1.165, 1.54) is 4.68 Å². The molecule has 1 aromatic heterocycles. The molecule has 0 unspecified atom stereocenters. The van der Waals surface area contributed by atoms with Crippen molar-refractivity contribution in [3.63, 3.8) is 0 Å². The van der Waals surface area contributed by atoms with Crippen LogP contribution in [0, 0.1) is 0 Å². The molecule has 0 saturated heterocycles. The van der Waals surface area contributed by atoms with E-state index < -0.39 is 0 Å². The molecule has 6 nitrogen and oxygen atoms in total. The normalized spacial score (nSPS) is 10.7. The minimum atomic E-state index is -0.0466. The van der Waals surface area contributed by atoms with Gasteiger partial charge >= 0.3 is 0 Å². The highest BCUT2D eigenvalue weighted by atomic mass is 16.5. The van der Waals surface area contributed by atoms with E-state index in [1.54, 1.807) is 19.4 Å². The lowest BCUT2D eigenvalue weighted by Crippen LogP contribution is -2.27. The van der Waals surface area contributed by atoms with E-state index in [-0.39, 0.29) is 5.56 Å². The SMILES string of the molecule is CCN(C)c1cnn(CCCNCCOC)c(=O)c1. The van der Waals surface area contributed by atoms with Crippen LogP contribution in [0.5, 0.6) is 0 Å². The molecule has 0 amide bonds. The molecule has 0 saturated carbocycles. The number of methoxy groups -OCH3 is 1. The predicted octanol–water partition coefficient (Wildman–Crippen LogP) is 0.326. The summed E-state index contributed by atoms with van der Waals surface area (Å²) in [6.45, 7) is 5.92. The molecular formula is C13H24N4O2. The number of aryl methyl sites for hydroxylation is 1. The first-order valence-electron chi connectivity index (χ1n) is 6.67. The van der Waals surface area contributed by atoms with E-state index in [0.717, 1.165) is 31.7 Å². The van der Waals surface area contributed by atoms with Crippen molar-refractivity contribution in [2.45, 2.75) is 19.9 Å². The number of rotatable bonds is 9. The van der Waals surface area contributed by atoms with Crippen molar-refractivity contribution in [3.8, 4) is 0 Å². The maximum absolute atomic E-state index is 11.9. The standard InChI is InChI=1S/C13H24N4O2/c1-4-16(2)12-10-13(18)17(15-11-12)8-5-6-14-7-9-19-3/h10-11,14H,4-9H2,1-3H3. The van der Waals surface area contributed by atoms with Crippen LogP contribution in [0.2, 0.25) is 0 Å². The molecule has 0 aliphatic heterocycles. The number of hydrogen-bond acceptors (Lipinski definition) is 5. The first kappa shape index (κ1) is 15.7. The Morgan fingerprint density at radius 2 is 2.26 bits per heavy atom. The molecule has 1 N–H and O–H groups in total. The Morgan fingerprint density at radius 3 is 2.89 bits per heavy atom. The number of nitrogens with zero attached hydrogens (tertiary/aromatic N) is 3. The van der Waals surface area contributed by atoms with Gasteiger partial charge in [-0.05, 0) is 19.9 Å². The lowest BCUT2D eigenvalue weighted by atomic mass is 10.4. The smallest absolute Gasteiger partial charge is 0.268 e. The molecule has 1 rings (SSSR count). The van der Waals surface area contributed by atoms with Crippen LogP contribution in [0.3, 0.4) is 0 Å². The highest BCUT2D eigenvalue weighted by molar-refractivity contribution is 5.41. The summed E-state index contributed by atoms with van der Waals surface area (Å²) in [4.78, 5) is 13.9. The molecule has 0 atom stereocenters. The molecule has 0 bridgehead atoms. The molecule has 0 radical (unpaired) electrons. The molecule has 1 heterocycles. The van der Waals surface area contributed by atoms with Crippen molar-refractivity contribution in [1.82, 2.24) is 15.1 Å². The van der Waals surface area contributed by atoms with Crippen molar-refractivity contribution in [3.05, 3.63) is 22.6 Å². The highest BCUT2D eigenvalue weighted by Crippen LogP contribution is 2.05. The van der Waals surface area contributed by atoms with E-state index in [9.17, 15) is 4.79 Å². The Morgan fingerprint density at radius 1 is 1.47 bits per heavy atom. The van der Waals surface area contributed by atoms with Crippen LogP contribution in [0.25, 0.3) is 0 Å². The predicted molar refractivity (Wildman–Crippen MR) is 76.8 cm³/mol. The van der Waals surface area contributed by atoms with Crippen molar-refractivity contribution < 1.29 is 4.74 Å². The number of nitrogens with one attached hydrogen (secondary N) is 1. The molecular weight excluding hydrogens is 244 g/mol. The summed E-state index contributed by atoms with van der Waals surface area (Å²) in [5.74, 6) is 0. The molecule has 0 aliphatic rings. The van der Waals surface area contributed by atoms with E-state index in [4.69, 9.17) is 4.74 Å². The summed E-state index contributed by atoms with van der Waals surface area (Å²) < 4.78 is 6.44. The Balaban J connectivity index is 2.40. The average Bonchev–Trinajstić information content (AvgIpc) is 2.43. The minimum absolute atomic E-state index is 0.0466. The molecule has 0 spiro atoms. The number of ether oxygens (including phenoxy) is 1. The maximum Gasteiger partial charge on any atom is 0.268 e. The van der Waals surface area contributed by atoms with Gasteiger partial charge in [0.1, 0.15) is 0 Å². The van der Waals surface area contributed by atoms with Gasteiger partial charge in [0, 0.05) is 39.9 Å². The maximum atomic E-state index is 11.9. The molecule has 0 aromatic carbocycles. The van der Waals surface area contributed by atoms with E-state index in [2.05, 4.69) is 10.4 Å². The summed E-state index contributed by atoms with van der Waals surface area (Å²) in [5, 5.41) is 7.43. The van der Waals surface area contributed by atoms with Gasteiger partial charge in [0.15, 0.2) is 0 Å². The number of anilines is 1. The summed E-state index contributed by atoms with van der Waals surface area (Å²) in [6.07, 6.45) is 2.61. The van der Waals surface area contributed by atoms with Crippen LogP contribution in [0.1, 0.15) is 13.3 Å². The molecule has 0 fully saturated rings. The van der Waals surface area contributed by atoms with E-state index in [0.29, 0.717) is 13.2 Å². The second kappa shape index (κ2) is 8.66. The highest BCUT2D eigenvalue weighted by Gasteiger charge is 2.02. The minimum Gasteiger partial charge on any atom is -0.383 e.